The summed E-state index contributed by atoms with van der Waals surface area (Å²) in [5, 5.41) is 7.41. The lowest BCUT2D eigenvalue weighted by atomic mass is 10.2. The number of hydrogen-bond donors (Lipinski definition) is 1. The fourth-order valence-corrected chi connectivity index (χ4v) is 4.05. The molecule has 7 nitrogen and oxygen atoms in total. The molecule has 1 aliphatic carbocycles. The topological polar surface area (TPSA) is 84.3 Å². The lowest BCUT2D eigenvalue weighted by Gasteiger charge is -2.28. The lowest BCUT2D eigenvalue weighted by Crippen LogP contribution is -2.43. The summed E-state index contributed by atoms with van der Waals surface area (Å²) in [5.74, 6) is -0.0993. The van der Waals surface area contributed by atoms with Gasteiger partial charge in [0.2, 0.25) is 11.8 Å². The highest BCUT2D eigenvalue weighted by Crippen LogP contribution is 2.38. The van der Waals surface area contributed by atoms with Crippen molar-refractivity contribution in [3.8, 4) is 0 Å². The average Bonchev–Trinajstić information content (AvgIpc) is 3.48. The Labute approximate surface area is 164 Å². The molecule has 0 radical (unpaired) electrons. The van der Waals surface area contributed by atoms with Crippen molar-refractivity contribution in [1.82, 2.24) is 15.1 Å². The summed E-state index contributed by atoms with van der Waals surface area (Å²) in [7, 11) is 0. The first kappa shape index (κ1) is 18.1. The van der Waals surface area contributed by atoms with Crippen LogP contribution in [0.2, 0.25) is 5.02 Å². The van der Waals surface area contributed by atoms with E-state index < -0.39 is 5.56 Å². The summed E-state index contributed by atoms with van der Waals surface area (Å²) in [6.45, 7) is 0.0503. The molecule has 2 aromatic rings. The van der Waals surface area contributed by atoms with E-state index >= 15 is 0 Å². The van der Waals surface area contributed by atoms with E-state index in [1.54, 1.807) is 17.2 Å². The first-order chi connectivity index (χ1) is 13.0. The van der Waals surface area contributed by atoms with Gasteiger partial charge in [-0.3, -0.25) is 14.4 Å². The third-order valence-corrected chi connectivity index (χ3v) is 5.85. The second-order valence-corrected chi connectivity index (χ2v) is 7.90. The Morgan fingerprint density at radius 3 is 2.81 bits per heavy atom. The Morgan fingerprint density at radius 2 is 2.07 bits per heavy atom. The molecule has 1 aromatic heterocycles. The van der Waals surface area contributed by atoms with Crippen LogP contribution in [0.5, 0.6) is 0 Å². The van der Waals surface area contributed by atoms with Gasteiger partial charge in [-0.1, -0.05) is 29.8 Å². The van der Waals surface area contributed by atoms with Crippen LogP contribution < -0.4 is 15.8 Å². The molecular formula is C18H17ClN4O3S. The Balaban J connectivity index is 1.51. The van der Waals surface area contributed by atoms with Gasteiger partial charge in [-0.25, -0.2) is 4.68 Å². The standard InChI is InChI=1S/C18H17ClN4O3S/c19-13-4-2-1-3-11(13)7-20-15(24)9-22-18(26)17-14(8-21-22)27-10-16(25)23(17)12-5-6-12/h1-4,8,12H,5-7,9-10H2,(H,20,24). The zero-order chi connectivity index (χ0) is 19.0. The molecule has 1 aliphatic heterocycles. The molecule has 140 valence electrons. The third-order valence-electron chi connectivity index (χ3n) is 4.48. The van der Waals surface area contributed by atoms with Gasteiger partial charge in [-0.2, -0.15) is 5.10 Å². The summed E-state index contributed by atoms with van der Waals surface area (Å²) < 4.78 is 1.11. The molecule has 2 aliphatic rings. The molecule has 1 aromatic carbocycles. The molecule has 1 saturated carbocycles. The summed E-state index contributed by atoms with van der Waals surface area (Å²) >= 11 is 7.39. The van der Waals surface area contributed by atoms with Crippen LogP contribution >= 0.6 is 23.4 Å². The van der Waals surface area contributed by atoms with Gasteiger partial charge >= 0.3 is 0 Å². The van der Waals surface area contributed by atoms with E-state index in [0.29, 0.717) is 21.4 Å². The number of rotatable bonds is 5. The van der Waals surface area contributed by atoms with E-state index in [4.69, 9.17) is 11.6 Å². The first-order valence-corrected chi connectivity index (χ1v) is 9.96. The molecule has 4 rings (SSSR count). The molecule has 1 N–H and O–H groups in total. The molecule has 9 heteroatoms. The average molecular weight is 405 g/mol. The fourth-order valence-electron chi connectivity index (χ4n) is 2.98. The van der Waals surface area contributed by atoms with Crippen molar-refractivity contribution >= 4 is 40.9 Å². The molecule has 2 amide bonds. The molecular weight excluding hydrogens is 388 g/mol. The number of hydrogen-bond acceptors (Lipinski definition) is 5. The number of amides is 2. The predicted molar refractivity (Wildman–Crippen MR) is 103 cm³/mol. The number of carbonyl (C=O) groups excluding carboxylic acids is 2. The number of nitrogens with one attached hydrogen (secondary N) is 1. The van der Waals surface area contributed by atoms with Gasteiger partial charge in [0.1, 0.15) is 12.2 Å². The number of nitrogens with zero attached hydrogens (tertiary/aromatic N) is 3. The van der Waals surface area contributed by atoms with Crippen molar-refractivity contribution in [2.45, 2.75) is 36.9 Å². The molecule has 0 spiro atoms. The van der Waals surface area contributed by atoms with E-state index in [2.05, 4.69) is 10.4 Å². The highest BCUT2D eigenvalue weighted by atomic mass is 35.5. The highest BCUT2D eigenvalue weighted by molar-refractivity contribution is 8.00. The maximum Gasteiger partial charge on any atom is 0.292 e. The molecule has 0 atom stereocenters. The minimum atomic E-state index is -0.409. The molecule has 0 unspecified atom stereocenters. The van der Waals surface area contributed by atoms with Crippen molar-refractivity contribution in [2.24, 2.45) is 0 Å². The van der Waals surface area contributed by atoms with Crippen molar-refractivity contribution in [3.63, 3.8) is 0 Å². The number of fused-ring (bicyclic) bond motifs is 1. The van der Waals surface area contributed by atoms with Gasteiger partial charge in [-0.15, -0.1) is 11.8 Å². The highest BCUT2D eigenvalue weighted by Gasteiger charge is 2.39. The molecule has 0 bridgehead atoms. The number of anilines is 1. The number of halogens is 1. The van der Waals surface area contributed by atoms with Gasteiger partial charge in [-0.05, 0) is 24.5 Å². The number of carbonyl (C=O) groups is 2. The van der Waals surface area contributed by atoms with Gasteiger partial charge in [0.05, 0.1) is 16.8 Å². The zero-order valence-corrected chi connectivity index (χ0v) is 15.9. The summed E-state index contributed by atoms with van der Waals surface area (Å²) in [6.07, 6.45) is 3.36. The van der Waals surface area contributed by atoms with Crippen LogP contribution in [0.15, 0.2) is 40.2 Å². The quantitative estimate of drug-likeness (QED) is 0.821. The van der Waals surface area contributed by atoms with Crippen LogP contribution in [0.25, 0.3) is 0 Å². The molecule has 27 heavy (non-hydrogen) atoms. The fraction of sp³-hybridized carbons (Fsp3) is 0.333. The van der Waals surface area contributed by atoms with Crippen LogP contribution in [-0.2, 0) is 22.7 Å². The maximum absolute atomic E-state index is 12.9. The Hall–Kier alpha value is -2.32. The summed E-state index contributed by atoms with van der Waals surface area (Å²) in [4.78, 5) is 39.7. The minimum absolute atomic E-state index is 0.0620. The van der Waals surface area contributed by atoms with Crippen LogP contribution in [0, 0.1) is 0 Å². The predicted octanol–water partition coefficient (Wildman–Crippen LogP) is 1.81. The van der Waals surface area contributed by atoms with Crippen LogP contribution in [0.3, 0.4) is 0 Å². The van der Waals surface area contributed by atoms with Gasteiger partial charge < -0.3 is 10.2 Å². The summed E-state index contributed by atoms with van der Waals surface area (Å²) in [5.41, 5.74) is 0.737. The minimum Gasteiger partial charge on any atom is -0.350 e. The van der Waals surface area contributed by atoms with Crippen molar-refractivity contribution in [1.29, 1.82) is 0 Å². The van der Waals surface area contributed by atoms with Crippen LogP contribution in [-0.4, -0.2) is 33.4 Å². The second kappa shape index (κ2) is 7.36. The smallest absolute Gasteiger partial charge is 0.292 e. The summed E-state index contributed by atoms with van der Waals surface area (Å²) in [6, 6.07) is 7.32. The molecule has 1 fully saturated rings. The monoisotopic (exact) mass is 404 g/mol. The Morgan fingerprint density at radius 1 is 1.30 bits per heavy atom. The third kappa shape index (κ3) is 3.72. The van der Waals surface area contributed by atoms with E-state index in [1.807, 2.05) is 18.2 Å². The first-order valence-electron chi connectivity index (χ1n) is 8.59. The van der Waals surface area contributed by atoms with E-state index in [1.165, 1.54) is 11.8 Å². The van der Waals surface area contributed by atoms with Gasteiger partial charge in [0, 0.05) is 17.6 Å². The van der Waals surface area contributed by atoms with Crippen molar-refractivity contribution < 1.29 is 9.59 Å². The second-order valence-electron chi connectivity index (χ2n) is 6.47. The SMILES string of the molecule is O=C(Cn1ncc2c(c1=O)N(C1CC1)C(=O)CS2)NCc1ccccc1Cl. The van der Waals surface area contributed by atoms with Crippen LogP contribution in [0.4, 0.5) is 5.69 Å². The normalized spacial score (nSPS) is 16.2. The number of benzene rings is 1. The molecule has 2 heterocycles. The van der Waals surface area contributed by atoms with E-state index in [9.17, 15) is 14.4 Å². The van der Waals surface area contributed by atoms with Gasteiger partial charge in [0.15, 0.2) is 0 Å². The maximum atomic E-state index is 12.9. The number of aromatic nitrogens is 2. The van der Waals surface area contributed by atoms with E-state index in [-0.39, 0.29) is 30.9 Å². The zero-order valence-electron chi connectivity index (χ0n) is 14.4. The van der Waals surface area contributed by atoms with Crippen molar-refractivity contribution in [2.75, 3.05) is 10.7 Å². The van der Waals surface area contributed by atoms with E-state index in [0.717, 1.165) is 23.1 Å². The van der Waals surface area contributed by atoms with Crippen LogP contribution in [0.1, 0.15) is 18.4 Å². The van der Waals surface area contributed by atoms with Crippen molar-refractivity contribution in [3.05, 3.63) is 51.4 Å². The Kier molecular flexibility index (Phi) is 4.92. The largest absolute Gasteiger partial charge is 0.350 e. The van der Waals surface area contributed by atoms with Gasteiger partial charge in [0.25, 0.3) is 5.56 Å². The molecule has 0 saturated heterocycles. The Bertz CT molecular complexity index is 973. The number of thioether (sulfide) groups is 1. The lowest BCUT2D eigenvalue weighted by molar-refractivity contribution is -0.122.